The van der Waals surface area contributed by atoms with E-state index in [2.05, 4.69) is 10.3 Å². The van der Waals surface area contributed by atoms with E-state index in [1.807, 2.05) is 69.3 Å². The summed E-state index contributed by atoms with van der Waals surface area (Å²) >= 11 is 0. The van der Waals surface area contributed by atoms with Gasteiger partial charge in [0.25, 0.3) is 0 Å². The van der Waals surface area contributed by atoms with Crippen LogP contribution in [0.4, 0.5) is 4.79 Å². The molecule has 5 nitrogen and oxygen atoms in total. The molecule has 0 spiro atoms. The summed E-state index contributed by atoms with van der Waals surface area (Å²) in [5.74, 6) is 0. The van der Waals surface area contributed by atoms with Crippen molar-refractivity contribution in [3.8, 4) is 11.3 Å². The van der Waals surface area contributed by atoms with Crippen molar-refractivity contribution in [2.45, 2.75) is 32.4 Å². The van der Waals surface area contributed by atoms with Crippen LogP contribution in [0.3, 0.4) is 0 Å². The number of aromatic nitrogens is 1. The lowest BCUT2D eigenvalue weighted by Gasteiger charge is -2.25. The average Bonchev–Trinajstić information content (AvgIpc) is 2.71. The van der Waals surface area contributed by atoms with Gasteiger partial charge in [-0.05, 0) is 50.1 Å². The first-order valence-corrected chi connectivity index (χ1v) is 9.42. The Kier molecular flexibility index (Phi) is 6.07. The molecule has 29 heavy (non-hydrogen) atoms. The minimum absolute atomic E-state index is 0.511. The molecule has 1 unspecified atom stereocenters. The molecule has 0 bridgehead atoms. The second kappa shape index (κ2) is 8.69. The van der Waals surface area contributed by atoms with Crippen LogP contribution in [0.2, 0.25) is 0 Å². The summed E-state index contributed by atoms with van der Waals surface area (Å²) in [6.45, 7) is 5.45. The van der Waals surface area contributed by atoms with Gasteiger partial charge in [-0.15, -0.1) is 0 Å². The molecule has 5 heteroatoms. The third-order valence-electron chi connectivity index (χ3n) is 4.25. The molecule has 3 rings (SSSR count). The molecular weight excluding hydrogens is 364 g/mol. The minimum Gasteiger partial charge on any atom is -0.444 e. The number of carbonyl (C=O) groups excluding carboxylic acids is 2. The Morgan fingerprint density at radius 1 is 1.03 bits per heavy atom. The average molecular weight is 388 g/mol. The molecule has 0 aliphatic rings. The van der Waals surface area contributed by atoms with Gasteiger partial charge in [0.15, 0.2) is 0 Å². The standard InChI is InChI=1S/C24H24N2O3/c1-24(2,3)29-23(28)26-22(18-10-8-9-17(15-18)16-27)20-12-5-4-11-19(20)21-13-6-7-14-25-21/h4-16,22H,1-3H3,(H,26,28). The molecule has 0 radical (unpaired) electrons. The number of amides is 1. The van der Waals surface area contributed by atoms with Crippen LogP contribution in [0.1, 0.15) is 48.3 Å². The molecule has 3 aromatic rings. The lowest BCUT2D eigenvalue weighted by molar-refractivity contribution is 0.0512. The Bertz CT molecular complexity index is 994. The Morgan fingerprint density at radius 3 is 2.48 bits per heavy atom. The van der Waals surface area contributed by atoms with Gasteiger partial charge in [-0.1, -0.05) is 48.5 Å². The smallest absolute Gasteiger partial charge is 0.408 e. The fraction of sp³-hybridized carbons (Fsp3) is 0.208. The molecule has 1 amide bonds. The topological polar surface area (TPSA) is 68.3 Å². The second-order valence-corrected chi connectivity index (χ2v) is 7.67. The van der Waals surface area contributed by atoms with Gasteiger partial charge in [0.05, 0.1) is 11.7 Å². The molecule has 148 valence electrons. The maximum absolute atomic E-state index is 12.6. The quantitative estimate of drug-likeness (QED) is 0.612. The van der Waals surface area contributed by atoms with Crippen molar-refractivity contribution >= 4 is 12.4 Å². The summed E-state index contributed by atoms with van der Waals surface area (Å²) in [5, 5.41) is 2.96. The fourth-order valence-corrected chi connectivity index (χ4v) is 3.08. The Hall–Kier alpha value is -3.47. The van der Waals surface area contributed by atoms with Crippen LogP contribution >= 0.6 is 0 Å². The maximum Gasteiger partial charge on any atom is 0.408 e. The number of pyridine rings is 1. The molecule has 2 aromatic carbocycles. The van der Waals surface area contributed by atoms with Crippen LogP contribution < -0.4 is 5.32 Å². The number of rotatable bonds is 5. The largest absolute Gasteiger partial charge is 0.444 e. The monoisotopic (exact) mass is 388 g/mol. The summed E-state index contributed by atoms with van der Waals surface area (Å²) in [6, 6.07) is 20.1. The summed E-state index contributed by atoms with van der Waals surface area (Å²) in [7, 11) is 0. The number of nitrogens with zero attached hydrogens (tertiary/aromatic N) is 1. The Labute approximate surface area is 170 Å². The zero-order valence-electron chi connectivity index (χ0n) is 16.8. The number of hydrogen-bond donors (Lipinski definition) is 1. The predicted molar refractivity (Wildman–Crippen MR) is 113 cm³/mol. The highest BCUT2D eigenvalue weighted by Gasteiger charge is 2.24. The third kappa shape index (κ3) is 5.29. The van der Waals surface area contributed by atoms with Crippen molar-refractivity contribution < 1.29 is 14.3 Å². The van der Waals surface area contributed by atoms with E-state index in [-0.39, 0.29) is 0 Å². The van der Waals surface area contributed by atoms with E-state index in [4.69, 9.17) is 4.74 Å². The van der Waals surface area contributed by atoms with Gasteiger partial charge in [0.2, 0.25) is 0 Å². The number of ether oxygens (including phenoxy) is 1. The zero-order valence-corrected chi connectivity index (χ0v) is 16.8. The van der Waals surface area contributed by atoms with Crippen molar-refractivity contribution in [1.29, 1.82) is 0 Å². The van der Waals surface area contributed by atoms with E-state index in [1.165, 1.54) is 0 Å². The molecule has 0 saturated carbocycles. The van der Waals surface area contributed by atoms with Gasteiger partial charge in [0, 0.05) is 17.3 Å². The molecular formula is C24H24N2O3. The maximum atomic E-state index is 12.6. The number of benzene rings is 2. The summed E-state index contributed by atoms with van der Waals surface area (Å²) in [6.07, 6.45) is 1.99. The lowest BCUT2D eigenvalue weighted by Crippen LogP contribution is -2.35. The van der Waals surface area contributed by atoms with E-state index in [0.717, 1.165) is 28.7 Å². The molecule has 0 aliphatic carbocycles. The van der Waals surface area contributed by atoms with Crippen molar-refractivity contribution in [2.24, 2.45) is 0 Å². The lowest BCUT2D eigenvalue weighted by atomic mass is 9.92. The van der Waals surface area contributed by atoms with Gasteiger partial charge in [-0.3, -0.25) is 9.78 Å². The summed E-state index contributed by atoms with van der Waals surface area (Å²) in [4.78, 5) is 28.4. The normalized spacial score (nSPS) is 12.1. The van der Waals surface area contributed by atoms with E-state index in [1.54, 1.807) is 24.4 Å². The molecule has 1 atom stereocenters. The Balaban J connectivity index is 2.09. The summed E-state index contributed by atoms with van der Waals surface area (Å²) in [5.41, 5.74) is 3.24. The van der Waals surface area contributed by atoms with Gasteiger partial charge in [-0.25, -0.2) is 4.79 Å². The van der Waals surface area contributed by atoms with E-state index in [0.29, 0.717) is 5.56 Å². The first kappa shape index (κ1) is 20.3. The van der Waals surface area contributed by atoms with E-state index in [9.17, 15) is 9.59 Å². The highest BCUT2D eigenvalue weighted by molar-refractivity contribution is 5.76. The van der Waals surface area contributed by atoms with Crippen molar-refractivity contribution in [3.05, 3.63) is 89.6 Å². The molecule has 1 heterocycles. The van der Waals surface area contributed by atoms with Gasteiger partial charge in [-0.2, -0.15) is 0 Å². The second-order valence-electron chi connectivity index (χ2n) is 7.67. The third-order valence-corrected chi connectivity index (χ3v) is 4.25. The highest BCUT2D eigenvalue weighted by Crippen LogP contribution is 2.31. The molecule has 0 aliphatic heterocycles. The molecule has 1 aromatic heterocycles. The SMILES string of the molecule is CC(C)(C)OC(=O)NC(c1cccc(C=O)c1)c1ccccc1-c1ccccn1. The zero-order chi connectivity index (χ0) is 20.9. The fourth-order valence-electron chi connectivity index (χ4n) is 3.08. The van der Waals surface area contributed by atoms with Crippen LogP contribution in [0, 0.1) is 0 Å². The Morgan fingerprint density at radius 2 is 1.79 bits per heavy atom. The number of alkyl carbamates (subject to hydrolysis) is 1. The summed E-state index contributed by atoms with van der Waals surface area (Å²) < 4.78 is 5.48. The van der Waals surface area contributed by atoms with Gasteiger partial charge >= 0.3 is 6.09 Å². The van der Waals surface area contributed by atoms with Crippen molar-refractivity contribution in [1.82, 2.24) is 10.3 Å². The van der Waals surface area contributed by atoms with Crippen LogP contribution in [-0.4, -0.2) is 23.0 Å². The van der Waals surface area contributed by atoms with Crippen LogP contribution in [0.15, 0.2) is 72.9 Å². The van der Waals surface area contributed by atoms with Crippen LogP contribution in [-0.2, 0) is 4.74 Å². The van der Waals surface area contributed by atoms with Crippen molar-refractivity contribution in [2.75, 3.05) is 0 Å². The first-order chi connectivity index (χ1) is 13.9. The molecule has 0 saturated heterocycles. The predicted octanol–water partition coefficient (Wildman–Crippen LogP) is 5.18. The minimum atomic E-state index is -0.625. The number of aldehydes is 1. The molecule has 1 N–H and O–H groups in total. The van der Waals surface area contributed by atoms with E-state index < -0.39 is 17.7 Å². The number of carbonyl (C=O) groups is 2. The molecule has 0 fully saturated rings. The highest BCUT2D eigenvalue weighted by atomic mass is 16.6. The number of hydrogen-bond acceptors (Lipinski definition) is 4. The van der Waals surface area contributed by atoms with Gasteiger partial charge < -0.3 is 10.1 Å². The van der Waals surface area contributed by atoms with Crippen LogP contribution in [0.25, 0.3) is 11.3 Å². The number of nitrogens with one attached hydrogen (secondary N) is 1. The van der Waals surface area contributed by atoms with Crippen molar-refractivity contribution in [3.63, 3.8) is 0 Å². The van der Waals surface area contributed by atoms with Crippen LogP contribution in [0.5, 0.6) is 0 Å². The first-order valence-electron chi connectivity index (χ1n) is 9.42. The van der Waals surface area contributed by atoms with Gasteiger partial charge in [0.1, 0.15) is 11.9 Å². The van der Waals surface area contributed by atoms with E-state index >= 15 is 0 Å².